The maximum absolute atomic E-state index is 8.86. The zero-order valence-electron chi connectivity index (χ0n) is 8.31. The Labute approximate surface area is 88.1 Å². The molecule has 0 aliphatic carbocycles. The van der Waals surface area contributed by atoms with Crippen LogP contribution in [0.5, 0.6) is 0 Å². The van der Waals surface area contributed by atoms with Gasteiger partial charge in [-0.15, -0.1) is 0 Å². The van der Waals surface area contributed by atoms with Crippen LogP contribution in [0.15, 0.2) is 36.5 Å². The first-order valence-corrected chi connectivity index (χ1v) is 4.60. The van der Waals surface area contributed by atoms with E-state index in [9.17, 15) is 0 Å². The second kappa shape index (κ2) is 3.89. The number of nitrogens with zero attached hydrogens (tertiary/aromatic N) is 3. The van der Waals surface area contributed by atoms with Crippen molar-refractivity contribution in [3.8, 4) is 17.5 Å². The number of hydrogen-bond donors (Lipinski definition) is 0. The molecule has 0 N–H and O–H groups in total. The van der Waals surface area contributed by atoms with E-state index in [2.05, 4.69) is 16.0 Å². The maximum Gasteiger partial charge on any atom is 0.144 e. The summed E-state index contributed by atoms with van der Waals surface area (Å²) in [6, 6.07) is 11.4. The monoisotopic (exact) mass is 195 g/mol. The molecule has 0 bridgehead atoms. The lowest BCUT2D eigenvalue weighted by atomic mass is 10.2. The standard InChI is InChI=1S/C12H9N3/c1-9-5-6-11(15-12(9)8-13)10-4-2-3-7-14-10/h2-7H,1H3. The van der Waals surface area contributed by atoms with Crippen molar-refractivity contribution < 1.29 is 0 Å². The minimum absolute atomic E-state index is 0.457. The Balaban J connectivity index is 2.52. The molecule has 2 heterocycles. The molecule has 0 aliphatic rings. The first-order chi connectivity index (χ1) is 7.31. The van der Waals surface area contributed by atoms with Gasteiger partial charge in [0.05, 0.1) is 11.4 Å². The van der Waals surface area contributed by atoms with E-state index < -0.39 is 0 Å². The predicted octanol–water partition coefficient (Wildman–Crippen LogP) is 2.32. The van der Waals surface area contributed by atoms with Crippen LogP contribution in [-0.2, 0) is 0 Å². The van der Waals surface area contributed by atoms with Crippen molar-refractivity contribution in [3.63, 3.8) is 0 Å². The molecule has 0 fully saturated rings. The van der Waals surface area contributed by atoms with Gasteiger partial charge in [-0.25, -0.2) is 4.98 Å². The lowest BCUT2D eigenvalue weighted by Crippen LogP contribution is -1.92. The third-order valence-electron chi connectivity index (χ3n) is 2.13. The lowest BCUT2D eigenvalue weighted by Gasteiger charge is -2.01. The summed E-state index contributed by atoms with van der Waals surface area (Å²) in [6.07, 6.45) is 1.71. The molecule has 0 aromatic carbocycles. The maximum atomic E-state index is 8.86. The van der Waals surface area contributed by atoms with E-state index in [1.807, 2.05) is 37.3 Å². The van der Waals surface area contributed by atoms with E-state index in [-0.39, 0.29) is 0 Å². The Morgan fingerprint density at radius 1 is 1.13 bits per heavy atom. The molecule has 72 valence electrons. The fourth-order valence-electron chi connectivity index (χ4n) is 1.30. The van der Waals surface area contributed by atoms with E-state index >= 15 is 0 Å². The third-order valence-corrected chi connectivity index (χ3v) is 2.13. The summed E-state index contributed by atoms with van der Waals surface area (Å²) in [6.45, 7) is 1.87. The predicted molar refractivity (Wildman–Crippen MR) is 56.9 cm³/mol. The van der Waals surface area contributed by atoms with Crippen LogP contribution >= 0.6 is 0 Å². The van der Waals surface area contributed by atoms with Gasteiger partial charge in [-0.2, -0.15) is 5.26 Å². The topological polar surface area (TPSA) is 49.6 Å². The highest BCUT2D eigenvalue weighted by molar-refractivity contribution is 5.55. The first-order valence-electron chi connectivity index (χ1n) is 4.60. The van der Waals surface area contributed by atoms with Crippen molar-refractivity contribution in [1.29, 1.82) is 5.26 Å². The fraction of sp³-hybridized carbons (Fsp3) is 0.0833. The van der Waals surface area contributed by atoms with Crippen LogP contribution in [0.25, 0.3) is 11.4 Å². The average Bonchev–Trinajstić information content (AvgIpc) is 2.31. The molecule has 0 saturated carbocycles. The smallest absolute Gasteiger partial charge is 0.144 e. The summed E-state index contributed by atoms with van der Waals surface area (Å²) in [5.74, 6) is 0. The molecule has 0 aliphatic heterocycles. The Morgan fingerprint density at radius 2 is 2.00 bits per heavy atom. The molecule has 0 amide bonds. The fourth-order valence-corrected chi connectivity index (χ4v) is 1.30. The molecule has 0 radical (unpaired) electrons. The van der Waals surface area contributed by atoms with Crippen LogP contribution in [0.1, 0.15) is 11.3 Å². The molecule has 3 nitrogen and oxygen atoms in total. The van der Waals surface area contributed by atoms with Crippen LogP contribution in [0.2, 0.25) is 0 Å². The largest absolute Gasteiger partial charge is 0.255 e. The average molecular weight is 195 g/mol. The number of nitriles is 1. The minimum atomic E-state index is 0.457. The van der Waals surface area contributed by atoms with Crippen LogP contribution < -0.4 is 0 Å². The highest BCUT2D eigenvalue weighted by atomic mass is 14.8. The van der Waals surface area contributed by atoms with Crippen molar-refractivity contribution in [2.45, 2.75) is 6.92 Å². The summed E-state index contributed by atoms with van der Waals surface area (Å²) >= 11 is 0. The van der Waals surface area contributed by atoms with Crippen LogP contribution in [0.3, 0.4) is 0 Å². The van der Waals surface area contributed by atoms with Gasteiger partial charge in [-0.05, 0) is 30.7 Å². The van der Waals surface area contributed by atoms with Crippen LogP contribution in [-0.4, -0.2) is 9.97 Å². The van der Waals surface area contributed by atoms with Gasteiger partial charge in [0.15, 0.2) is 0 Å². The molecule has 3 heteroatoms. The van der Waals surface area contributed by atoms with E-state index in [0.717, 1.165) is 17.0 Å². The van der Waals surface area contributed by atoms with E-state index in [1.54, 1.807) is 6.20 Å². The zero-order valence-corrected chi connectivity index (χ0v) is 8.31. The Morgan fingerprint density at radius 3 is 2.67 bits per heavy atom. The second-order valence-corrected chi connectivity index (χ2v) is 3.19. The quantitative estimate of drug-likeness (QED) is 0.701. The number of aryl methyl sites for hydroxylation is 1. The van der Waals surface area contributed by atoms with Gasteiger partial charge in [0.1, 0.15) is 11.8 Å². The van der Waals surface area contributed by atoms with Gasteiger partial charge in [-0.3, -0.25) is 4.98 Å². The SMILES string of the molecule is Cc1ccc(-c2ccccn2)nc1C#N. The van der Waals surface area contributed by atoms with E-state index in [4.69, 9.17) is 5.26 Å². The molecule has 0 atom stereocenters. The molecule has 0 unspecified atom stereocenters. The normalized spacial score (nSPS) is 9.60. The highest BCUT2D eigenvalue weighted by Gasteiger charge is 2.03. The van der Waals surface area contributed by atoms with Crippen molar-refractivity contribution in [1.82, 2.24) is 9.97 Å². The molecule has 0 saturated heterocycles. The van der Waals surface area contributed by atoms with E-state index in [0.29, 0.717) is 5.69 Å². The van der Waals surface area contributed by atoms with Gasteiger partial charge in [0, 0.05) is 6.20 Å². The zero-order chi connectivity index (χ0) is 10.7. The summed E-state index contributed by atoms with van der Waals surface area (Å²) in [5.41, 5.74) is 2.86. The van der Waals surface area contributed by atoms with Crippen LogP contribution in [0.4, 0.5) is 0 Å². The third kappa shape index (κ3) is 1.84. The number of hydrogen-bond acceptors (Lipinski definition) is 3. The van der Waals surface area contributed by atoms with E-state index in [1.165, 1.54) is 0 Å². The molecular formula is C12H9N3. The van der Waals surface area contributed by atoms with Crippen molar-refractivity contribution in [2.24, 2.45) is 0 Å². The van der Waals surface area contributed by atoms with Gasteiger partial charge < -0.3 is 0 Å². The number of pyridine rings is 2. The summed E-state index contributed by atoms with van der Waals surface area (Å²) < 4.78 is 0. The molecule has 2 aromatic heterocycles. The lowest BCUT2D eigenvalue weighted by molar-refractivity contribution is 1.18. The second-order valence-electron chi connectivity index (χ2n) is 3.19. The Bertz CT molecular complexity index is 512. The number of aromatic nitrogens is 2. The molecular weight excluding hydrogens is 186 g/mol. The van der Waals surface area contributed by atoms with Crippen molar-refractivity contribution in [3.05, 3.63) is 47.8 Å². The van der Waals surface area contributed by atoms with Gasteiger partial charge >= 0.3 is 0 Å². The first kappa shape index (κ1) is 9.35. The number of rotatable bonds is 1. The summed E-state index contributed by atoms with van der Waals surface area (Å²) in [5, 5.41) is 8.86. The molecule has 2 rings (SSSR count). The summed E-state index contributed by atoms with van der Waals surface area (Å²) in [7, 11) is 0. The van der Waals surface area contributed by atoms with Crippen LogP contribution in [0, 0.1) is 18.3 Å². The summed E-state index contributed by atoms with van der Waals surface area (Å²) in [4.78, 5) is 8.42. The van der Waals surface area contributed by atoms with Crippen molar-refractivity contribution in [2.75, 3.05) is 0 Å². The molecule has 0 spiro atoms. The van der Waals surface area contributed by atoms with Gasteiger partial charge in [0.2, 0.25) is 0 Å². The molecule has 15 heavy (non-hydrogen) atoms. The van der Waals surface area contributed by atoms with Gasteiger partial charge in [0.25, 0.3) is 0 Å². The Hall–Kier alpha value is -2.21. The van der Waals surface area contributed by atoms with Crippen molar-refractivity contribution >= 4 is 0 Å². The minimum Gasteiger partial charge on any atom is -0.255 e. The van der Waals surface area contributed by atoms with Gasteiger partial charge in [-0.1, -0.05) is 12.1 Å². The highest BCUT2D eigenvalue weighted by Crippen LogP contribution is 2.15. The Kier molecular flexibility index (Phi) is 2.42. The molecule has 2 aromatic rings.